The van der Waals surface area contributed by atoms with Gasteiger partial charge in [-0.25, -0.2) is 4.98 Å². The van der Waals surface area contributed by atoms with Crippen LogP contribution in [0.25, 0.3) is 10.2 Å². The monoisotopic (exact) mass is 465 g/mol. The fourth-order valence-electron chi connectivity index (χ4n) is 3.62. The zero-order valence-corrected chi connectivity index (χ0v) is 21.3. The number of unbranched alkanes of at least 4 members (excludes halogenated alkanes) is 1. The number of carbonyl (C=O) groups excluding carboxylic acids is 2. The van der Waals surface area contributed by atoms with Crippen LogP contribution in [-0.2, 0) is 16.6 Å². The molecule has 3 rings (SSSR count). The van der Waals surface area contributed by atoms with Crippen LogP contribution in [0.3, 0.4) is 0 Å². The number of aryl methyl sites for hydroxylation is 1. The van der Waals surface area contributed by atoms with E-state index in [0.29, 0.717) is 10.7 Å². The van der Waals surface area contributed by atoms with Gasteiger partial charge >= 0.3 is 0 Å². The largest absolute Gasteiger partial charge is 0.340 e. The third kappa shape index (κ3) is 6.41. The lowest BCUT2D eigenvalue weighted by molar-refractivity contribution is -0.118. The van der Waals surface area contributed by atoms with Crippen molar-refractivity contribution in [2.45, 2.75) is 72.3 Å². The molecule has 33 heavy (non-hydrogen) atoms. The molecule has 0 saturated carbocycles. The number of hydrogen-bond acceptors (Lipinski definition) is 4. The normalized spacial score (nSPS) is 12.7. The van der Waals surface area contributed by atoms with E-state index >= 15 is 0 Å². The molecule has 0 aliphatic heterocycles. The van der Waals surface area contributed by atoms with Gasteiger partial charge in [0, 0.05) is 5.56 Å². The van der Waals surface area contributed by atoms with Crippen LogP contribution in [0, 0.1) is 5.92 Å². The van der Waals surface area contributed by atoms with E-state index in [1.54, 1.807) is 0 Å². The second-order valence-electron chi connectivity index (χ2n) is 9.94. The van der Waals surface area contributed by atoms with Crippen LogP contribution >= 0.6 is 11.3 Å². The van der Waals surface area contributed by atoms with Crippen LogP contribution in [0.1, 0.15) is 75.9 Å². The third-order valence-corrected chi connectivity index (χ3v) is 6.68. The summed E-state index contributed by atoms with van der Waals surface area (Å²) in [6, 6.07) is 13.2. The molecule has 2 N–H and O–H groups in total. The van der Waals surface area contributed by atoms with E-state index in [0.717, 1.165) is 35.0 Å². The zero-order chi connectivity index (χ0) is 24.2. The van der Waals surface area contributed by atoms with Crippen LogP contribution in [0.5, 0.6) is 0 Å². The second kappa shape index (κ2) is 10.5. The van der Waals surface area contributed by atoms with Gasteiger partial charge in [0.15, 0.2) is 5.13 Å². The highest BCUT2D eigenvalue weighted by Gasteiger charge is 2.26. The van der Waals surface area contributed by atoms with Crippen LogP contribution in [0.15, 0.2) is 42.5 Å². The van der Waals surface area contributed by atoms with Crippen molar-refractivity contribution in [3.63, 3.8) is 0 Å². The number of thiazole rings is 1. The molecule has 2 aromatic carbocycles. The van der Waals surface area contributed by atoms with Gasteiger partial charge in [-0.1, -0.05) is 77.5 Å². The van der Waals surface area contributed by atoms with Crippen molar-refractivity contribution >= 4 is 38.5 Å². The summed E-state index contributed by atoms with van der Waals surface area (Å²) in [7, 11) is 0. The first-order chi connectivity index (χ1) is 15.6. The molecular formula is C27H35N3O2S. The summed E-state index contributed by atoms with van der Waals surface area (Å²) in [6.07, 6.45) is 3.36. The molecule has 176 valence electrons. The lowest BCUT2D eigenvalue weighted by atomic mass is 9.86. The van der Waals surface area contributed by atoms with E-state index in [2.05, 4.69) is 55.4 Å². The fraction of sp³-hybridized carbons (Fsp3) is 0.444. The first-order valence-electron chi connectivity index (χ1n) is 11.7. The average Bonchev–Trinajstić information content (AvgIpc) is 3.16. The van der Waals surface area contributed by atoms with Crippen molar-refractivity contribution in [2.24, 2.45) is 5.92 Å². The number of aromatic nitrogens is 1. The summed E-state index contributed by atoms with van der Waals surface area (Å²) in [5, 5.41) is 6.37. The first-order valence-corrected chi connectivity index (χ1v) is 12.5. The Morgan fingerprint density at radius 2 is 1.76 bits per heavy atom. The molecule has 1 heterocycles. The molecule has 0 unspecified atom stereocenters. The van der Waals surface area contributed by atoms with E-state index in [9.17, 15) is 9.59 Å². The van der Waals surface area contributed by atoms with E-state index in [4.69, 9.17) is 0 Å². The van der Waals surface area contributed by atoms with Crippen LogP contribution in [-0.4, -0.2) is 22.8 Å². The molecule has 0 bridgehead atoms. The Labute approximate surface area is 201 Å². The minimum absolute atomic E-state index is 0.0172. The summed E-state index contributed by atoms with van der Waals surface area (Å²) in [5.74, 6) is -0.582. The number of anilines is 1. The van der Waals surface area contributed by atoms with Crippen molar-refractivity contribution in [2.75, 3.05) is 5.32 Å². The zero-order valence-electron chi connectivity index (χ0n) is 20.5. The molecule has 0 fully saturated rings. The van der Waals surface area contributed by atoms with E-state index in [1.165, 1.54) is 16.9 Å². The lowest BCUT2D eigenvalue weighted by Gasteiger charge is -2.22. The van der Waals surface area contributed by atoms with Gasteiger partial charge in [0.05, 0.1) is 10.2 Å². The Morgan fingerprint density at radius 3 is 2.36 bits per heavy atom. The van der Waals surface area contributed by atoms with E-state index < -0.39 is 6.04 Å². The van der Waals surface area contributed by atoms with Crippen molar-refractivity contribution in [3.8, 4) is 0 Å². The first kappa shape index (κ1) is 24.9. The summed E-state index contributed by atoms with van der Waals surface area (Å²) >= 11 is 1.47. The Bertz CT molecular complexity index is 1110. The van der Waals surface area contributed by atoms with Crippen LogP contribution < -0.4 is 10.6 Å². The Balaban J connectivity index is 1.70. The molecule has 3 aromatic rings. The average molecular weight is 466 g/mol. The number of amides is 2. The van der Waals surface area contributed by atoms with Crippen LogP contribution in [0.2, 0.25) is 0 Å². The molecule has 0 radical (unpaired) electrons. The van der Waals surface area contributed by atoms with Crippen molar-refractivity contribution in [3.05, 3.63) is 59.2 Å². The molecule has 2 amide bonds. The molecule has 0 spiro atoms. The molecule has 6 heteroatoms. The third-order valence-electron chi connectivity index (χ3n) is 5.75. The van der Waals surface area contributed by atoms with Crippen LogP contribution in [0.4, 0.5) is 5.13 Å². The van der Waals surface area contributed by atoms with Gasteiger partial charge in [-0.2, -0.15) is 0 Å². The number of nitrogens with one attached hydrogen (secondary N) is 2. The predicted molar refractivity (Wildman–Crippen MR) is 138 cm³/mol. The highest BCUT2D eigenvalue weighted by molar-refractivity contribution is 7.22. The molecule has 1 atom stereocenters. The fourth-order valence-corrected chi connectivity index (χ4v) is 4.56. The smallest absolute Gasteiger partial charge is 0.251 e. The van der Waals surface area contributed by atoms with Gasteiger partial charge in [-0.15, -0.1) is 0 Å². The van der Waals surface area contributed by atoms with Crippen molar-refractivity contribution in [1.29, 1.82) is 0 Å². The predicted octanol–water partition coefficient (Wildman–Crippen LogP) is 6.33. The summed E-state index contributed by atoms with van der Waals surface area (Å²) in [6.45, 7) is 12.4. The van der Waals surface area contributed by atoms with Gasteiger partial charge in [-0.3, -0.25) is 9.59 Å². The highest BCUT2D eigenvalue weighted by atomic mass is 32.1. The highest BCUT2D eigenvalue weighted by Crippen LogP contribution is 2.28. The Morgan fingerprint density at radius 1 is 1.06 bits per heavy atom. The number of benzene rings is 2. The Hall–Kier alpha value is -2.73. The van der Waals surface area contributed by atoms with E-state index in [-0.39, 0.29) is 23.1 Å². The van der Waals surface area contributed by atoms with E-state index in [1.807, 2.05) is 44.2 Å². The number of fused-ring (bicyclic) bond motifs is 1. The summed E-state index contributed by atoms with van der Waals surface area (Å²) in [5.41, 5.74) is 3.88. The lowest BCUT2D eigenvalue weighted by Crippen LogP contribution is -2.47. The number of carbonyl (C=O) groups is 2. The molecular weight excluding hydrogens is 430 g/mol. The molecule has 1 aromatic heterocycles. The SMILES string of the molecule is CCCCc1ccc2nc(NC(=O)[C@@H](NC(=O)c3ccc(C(C)(C)C)cc3)C(C)C)sc2c1. The maximum absolute atomic E-state index is 13.0. The maximum Gasteiger partial charge on any atom is 0.251 e. The van der Waals surface area contributed by atoms with Gasteiger partial charge < -0.3 is 10.6 Å². The quantitative estimate of drug-likeness (QED) is 0.408. The Kier molecular flexibility index (Phi) is 7.90. The van der Waals surface area contributed by atoms with Crippen molar-refractivity contribution in [1.82, 2.24) is 10.3 Å². The minimum atomic E-state index is -0.660. The van der Waals surface area contributed by atoms with Gasteiger partial charge in [0.25, 0.3) is 5.91 Å². The van der Waals surface area contributed by atoms with Crippen molar-refractivity contribution < 1.29 is 9.59 Å². The molecule has 5 nitrogen and oxygen atoms in total. The molecule has 0 saturated heterocycles. The molecule has 0 aliphatic rings. The van der Waals surface area contributed by atoms with Gasteiger partial charge in [0.2, 0.25) is 5.91 Å². The number of rotatable bonds is 8. The summed E-state index contributed by atoms with van der Waals surface area (Å²) < 4.78 is 1.06. The summed E-state index contributed by atoms with van der Waals surface area (Å²) in [4.78, 5) is 30.4. The number of hydrogen-bond donors (Lipinski definition) is 2. The topological polar surface area (TPSA) is 71.1 Å². The second-order valence-corrected chi connectivity index (χ2v) is 11.0. The number of nitrogens with zero attached hydrogens (tertiary/aromatic N) is 1. The van der Waals surface area contributed by atoms with Gasteiger partial charge in [-0.05, 0) is 59.6 Å². The maximum atomic E-state index is 13.0. The van der Waals surface area contributed by atoms with Gasteiger partial charge in [0.1, 0.15) is 6.04 Å². The standard InChI is InChI=1S/C27H35N3O2S/c1-7-8-9-18-10-15-21-22(16-18)33-26(28-21)30-25(32)23(17(2)3)29-24(31)19-11-13-20(14-12-19)27(4,5)6/h10-17,23H,7-9H2,1-6H3,(H,29,31)(H,28,30,32)/t23-/m0/s1. The molecule has 0 aliphatic carbocycles. The minimum Gasteiger partial charge on any atom is -0.340 e.